The Kier molecular flexibility index (Phi) is 2.38. The van der Waals surface area contributed by atoms with Crippen molar-refractivity contribution in [1.82, 2.24) is 4.98 Å². The molecule has 0 bridgehead atoms. The molecule has 0 amide bonds. The van der Waals surface area contributed by atoms with Gasteiger partial charge in [-0.2, -0.15) is 0 Å². The number of rotatable bonds is 2. The van der Waals surface area contributed by atoms with E-state index in [1.807, 2.05) is 6.92 Å². The van der Waals surface area contributed by atoms with Crippen molar-refractivity contribution in [3.05, 3.63) is 23.8 Å². The summed E-state index contributed by atoms with van der Waals surface area (Å²) in [4.78, 5) is 4.40. The summed E-state index contributed by atoms with van der Waals surface area (Å²) in [6.07, 6.45) is 0. The van der Waals surface area contributed by atoms with Crippen LogP contribution in [0.5, 0.6) is 4.75 Å². The van der Waals surface area contributed by atoms with Gasteiger partial charge in [0.25, 0.3) is 0 Å². The standard InChI is InChI=1S/C10H11NOSe/c1-3-12-10-11-8-5-4-7(2)6-9(8)13-10/h4-6H,3H2,1-2H3. The van der Waals surface area contributed by atoms with Crippen LogP contribution in [0.25, 0.3) is 9.78 Å². The molecule has 1 aromatic carbocycles. The zero-order valence-corrected chi connectivity index (χ0v) is 9.42. The number of hydrogen-bond donors (Lipinski definition) is 0. The molecule has 0 spiro atoms. The second kappa shape index (κ2) is 3.52. The first-order chi connectivity index (χ1) is 6.29. The third-order valence-electron chi connectivity index (χ3n) is 1.79. The van der Waals surface area contributed by atoms with Crippen LogP contribution in [0.4, 0.5) is 0 Å². The molecule has 2 nitrogen and oxygen atoms in total. The molecular formula is C10H11NOSe. The van der Waals surface area contributed by atoms with Crippen LogP contribution in [0, 0.1) is 6.92 Å². The number of aromatic nitrogens is 1. The fraction of sp³-hybridized carbons (Fsp3) is 0.300. The molecular weight excluding hydrogens is 229 g/mol. The Bertz CT molecular complexity index is 422. The van der Waals surface area contributed by atoms with E-state index in [2.05, 4.69) is 30.1 Å². The van der Waals surface area contributed by atoms with Crippen LogP contribution in [-0.2, 0) is 0 Å². The molecule has 0 unspecified atom stereocenters. The summed E-state index contributed by atoms with van der Waals surface area (Å²) in [6.45, 7) is 4.81. The van der Waals surface area contributed by atoms with Crippen molar-refractivity contribution in [2.24, 2.45) is 0 Å². The summed E-state index contributed by atoms with van der Waals surface area (Å²) in [5.74, 6) is 0. The Morgan fingerprint density at radius 2 is 2.31 bits per heavy atom. The third-order valence-corrected chi connectivity index (χ3v) is 3.74. The van der Waals surface area contributed by atoms with Crippen LogP contribution in [0.1, 0.15) is 12.5 Å². The Balaban J connectivity index is 2.49. The van der Waals surface area contributed by atoms with Crippen LogP contribution in [0.15, 0.2) is 18.2 Å². The Labute approximate surface area is 83.3 Å². The molecule has 0 N–H and O–H groups in total. The van der Waals surface area contributed by atoms with Crippen molar-refractivity contribution < 1.29 is 4.74 Å². The van der Waals surface area contributed by atoms with E-state index in [9.17, 15) is 0 Å². The Morgan fingerprint density at radius 3 is 3.08 bits per heavy atom. The first kappa shape index (κ1) is 8.79. The van der Waals surface area contributed by atoms with Gasteiger partial charge in [-0.05, 0) is 0 Å². The normalized spacial score (nSPS) is 10.6. The van der Waals surface area contributed by atoms with E-state index in [0.717, 1.165) is 10.3 Å². The quantitative estimate of drug-likeness (QED) is 0.749. The van der Waals surface area contributed by atoms with Gasteiger partial charge in [0.1, 0.15) is 0 Å². The zero-order chi connectivity index (χ0) is 9.26. The van der Waals surface area contributed by atoms with Crippen LogP contribution in [-0.4, -0.2) is 26.1 Å². The van der Waals surface area contributed by atoms with Crippen LogP contribution >= 0.6 is 0 Å². The molecule has 0 saturated heterocycles. The molecule has 68 valence electrons. The zero-order valence-electron chi connectivity index (χ0n) is 7.70. The van der Waals surface area contributed by atoms with Crippen LogP contribution < -0.4 is 4.74 Å². The van der Waals surface area contributed by atoms with Crippen LogP contribution in [0.2, 0.25) is 0 Å². The van der Waals surface area contributed by atoms with E-state index >= 15 is 0 Å². The molecule has 2 rings (SSSR count). The molecule has 0 radical (unpaired) electrons. The average molecular weight is 240 g/mol. The SMILES string of the molecule is CCOc1nc2ccc(C)cc2[se]1. The van der Waals surface area contributed by atoms with Crippen molar-refractivity contribution in [1.29, 1.82) is 0 Å². The number of fused-ring (bicyclic) bond motifs is 1. The molecule has 0 atom stereocenters. The van der Waals surface area contributed by atoms with E-state index in [0.29, 0.717) is 6.61 Å². The summed E-state index contributed by atoms with van der Waals surface area (Å²) in [5.41, 5.74) is 2.39. The van der Waals surface area contributed by atoms with Crippen molar-refractivity contribution in [3.8, 4) is 4.75 Å². The number of aryl methyl sites for hydroxylation is 1. The van der Waals surface area contributed by atoms with Crippen LogP contribution in [0.3, 0.4) is 0 Å². The van der Waals surface area contributed by atoms with Gasteiger partial charge < -0.3 is 0 Å². The Hall–Kier alpha value is -0.791. The molecule has 13 heavy (non-hydrogen) atoms. The van der Waals surface area contributed by atoms with Gasteiger partial charge in [0.05, 0.1) is 0 Å². The monoisotopic (exact) mass is 241 g/mol. The number of nitrogens with zero attached hydrogens (tertiary/aromatic N) is 1. The summed E-state index contributed by atoms with van der Waals surface area (Å²) < 4.78 is 7.66. The average Bonchev–Trinajstić information content (AvgIpc) is 2.46. The van der Waals surface area contributed by atoms with E-state index in [1.165, 1.54) is 9.82 Å². The van der Waals surface area contributed by atoms with Crippen molar-refractivity contribution in [2.75, 3.05) is 6.61 Å². The minimum absolute atomic E-state index is 0.289. The van der Waals surface area contributed by atoms with Crippen molar-refractivity contribution >= 4 is 24.3 Å². The molecule has 0 saturated carbocycles. The fourth-order valence-corrected chi connectivity index (χ4v) is 3.24. The van der Waals surface area contributed by atoms with E-state index in [1.54, 1.807) is 0 Å². The second-order valence-electron chi connectivity index (χ2n) is 2.88. The summed E-state index contributed by atoms with van der Waals surface area (Å²) in [7, 11) is 0. The molecule has 0 fully saturated rings. The molecule has 0 aliphatic rings. The molecule has 1 heterocycles. The first-order valence-electron chi connectivity index (χ1n) is 4.29. The predicted octanol–water partition coefficient (Wildman–Crippen LogP) is 2.00. The number of benzene rings is 1. The molecule has 0 aliphatic carbocycles. The van der Waals surface area contributed by atoms with E-state index in [4.69, 9.17) is 4.74 Å². The van der Waals surface area contributed by atoms with E-state index in [-0.39, 0.29) is 14.5 Å². The number of hydrogen-bond acceptors (Lipinski definition) is 2. The van der Waals surface area contributed by atoms with Gasteiger partial charge in [0.2, 0.25) is 0 Å². The van der Waals surface area contributed by atoms with Gasteiger partial charge in [-0.1, -0.05) is 0 Å². The summed E-state index contributed by atoms with van der Waals surface area (Å²) >= 11 is 0.289. The molecule has 1 aromatic heterocycles. The van der Waals surface area contributed by atoms with Crippen molar-refractivity contribution in [2.45, 2.75) is 13.8 Å². The summed E-state index contributed by atoms with van der Waals surface area (Å²) in [6, 6.07) is 6.36. The van der Waals surface area contributed by atoms with Gasteiger partial charge in [-0.25, -0.2) is 0 Å². The van der Waals surface area contributed by atoms with Gasteiger partial charge in [0.15, 0.2) is 0 Å². The summed E-state index contributed by atoms with van der Waals surface area (Å²) in [5, 5.41) is 0. The number of ether oxygens (including phenoxy) is 1. The maximum absolute atomic E-state index is 5.40. The first-order valence-corrected chi connectivity index (χ1v) is 6.01. The Morgan fingerprint density at radius 1 is 1.46 bits per heavy atom. The molecule has 2 aromatic rings. The maximum atomic E-state index is 5.40. The third kappa shape index (κ3) is 1.76. The molecule has 0 aliphatic heterocycles. The van der Waals surface area contributed by atoms with E-state index < -0.39 is 0 Å². The van der Waals surface area contributed by atoms with Gasteiger partial charge in [0, 0.05) is 0 Å². The van der Waals surface area contributed by atoms with Gasteiger partial charge >= 0.3 is 83.0 Å². The van der Waals surface area contributed by atoms with Gasteiger partial charge in [-0.15, -0.1) is 0 Å². The second-order valence-corrected chi connectivity index (χ2v) is 4.97. The fourth-order valence-electron chi connectivity index (χ4n) is 1.20. The van der Waals surface area contributed by atoms with Crippen molar-refractivity contribution in [3.63, 3.8) is 0 Å². The topological polar surface area (TPSA) is 22.1 Å². The predicted molar refractivity (Wildman–Crippen MR) is 54.6 cm³/mol. The minimum atomic E-state index is 0.289. The van der Waals surface area contributed by atoms with Gasteiger partial charge in [-0.3, -0.25) is 0 Å². The molecule has 3 heteroatoms.